The quantitative estimate of drug-likeness (QED) is 0.418. The zero-order chi connectivity index (χ0) is 25.8. The molecule has 1 saturated carbocycles. The predicted octanol–water partition coefficient (Wildman–Crippen LogP) is 6.02. The van der Waals surface area contributed by atoms with Gasteiger partial charge in [0, 0.05) is 22.0 Å². The van der Waals surface area contributed by atoms with Gasteiger partial charge < -0.3 is 14.4 Å². The Morgan fingerprint density at radius 1 is 1.06 bits per heavy atom. The standard InChI is InChI=1S/C27H29NO5S3/c1-6-32-24(30)18-13-27(34-14-19(36-27)25(31)33-7-2)20-17-10-8-9-15(3)21(17)28(23(29)16-11-12-16)26(4,5)22(20)35-18/h8-10,13-14,16H,6-7,11-12H2,1-5H3. The summed E-state index contributed by atoms with van der Waals surface area (Å²) in [4.78, 5) is 43.3. The van der Waals surface area contributed by atoms with Crippen LogP contribution >= 0.6 is 35.3 Å². The van der Waals surface area contributed by atoms with Crippen LogP contribution in [0.1, 0.15) is 51.7 Å². The van der Waals surface area contributed by atoms with Gasteiger partial charge in [-0.2, -0.15) is 0 Å². The van der Waals surface area contributed by atoms with Crippen molar-refractivity contribution in [3.05, 3.63) is 55.5 Å². The van der Waals surface area contributed by atoms with E-state index in [4.69, 9.17) is 9.47 Å². The van der Waals surface area contributed by atoms with Gasteiger partial charge in [-0.1, -0.05) is 41.7 Å². The summed E-state index contributed by atoms with van der Waals surface area (Å²) in [6, 6.07) is 6.09. The van der Waals surface area contributed by atoms with Gasteiger partial charge in [0.15, 0.2) is 0 Å². The number of carbonyl (C=O) groups is 3. The molecular formula is C27H29NO5S3. The maximum absolute atomic E-state index is 13.7. The van der Waals surface area contributed by atoms with Crippen molar-refractivity contribution in [1.82, 2.24) is 0 Å². The number of hydrogen-bond acceptors (Lipinski definition) is 8. The molecule has 1 aromatic rings. The molecule has 6 nitrogen and oxygen atoms in total. The van der Waals surface area contributed by atoms with E-state index in [-0.39, 0.29) is 31.0 Å². The Hall–Kier alpha value is -2.10. The summed E-state index contributed by atoms with van der Waals surface area (Å²) in [7, 11) is 0. The highest BCUT2D eigenvalue weighted by Crippen LogP contribution is 2.67. The number of thioether (sulfide) groups is 3. The third-order valence-corrected chi connectivity index (χ3v) is 10.9. The van der Waals surface area contributed by atoms with E-state index in [0.29, 0.717) is 9.81 Å². The number of para-hydroxylation sites is 1. The fourth-order valence-corrected chi connectivity index (χ4v) is 9.28. The van der Waals surface area contributed by atoms with Crippen LogP contribution < -0.4 is 4.90 Å². The normalized spacial score (nSPS) is 24.1. The van der Waals surface area contributed by atoms with Gasteiger partial charge in [0.25, 0.3) is 0 Å². The Bertz CT molecular complexity index is 1260. The van der Waals surface area contributed by atoms with Crippen LogP contribution in [0.4, 0.5) is 5.69 Å². The molecule has 1 aromatic carbocycles. The number of rotatable bonds is 5. The maximum Gasteiger partial charge on any atom is 0.345 e. The van der Waals surface area contributed by atoms with Gasteiger partial charge in [-0.3, -0.25) is 4.79 Å². The molecule has 0 saturated heterocycles. The molecule has 1 amide bonds. The molecule has 1 aliphatic carbocycles. The smallest absolute Gasteiger partial charge is 0.345 e. The average Bonchev–Trinajstić information content (AvgIpc) is 3.60. The molecule has 4 aliphatic rings. The lowest BCUT2D eigenvalue weighted by atomic mass is 9.83. The van der Waals surface area contributed by atoms with Crippen LogP contribution in [0.2, 0.25) is 0 Å². The number of esters is 2. The van der Waals surface area contributed by atoms with Gasteiger partial charge in [-0.05, 0) is 64.5 Å². The number of amides is 1. The Kier molecular flexibility index (Phi) is 6.62. The van der Waals surface area contributed by atoms with E-state index in [1.165, 1.54) is 35.3 Å². The number of anilines is 1. The zero-order valence-corrected chi connectivity index (χ0v) is 23.5. The van der Waals surface area contributed by atoms with Gasteiger partial charge in [-0.25, -0.2) is 9.59 Å². The third kappa shape index (κ3) is 4.03. The zero-order valence-electron chi connectivity index (χ0n) is 21.0. The van der Waals surface area contributed by atoms with Crippen molar-refractivity contribution in [2.45, 2.75) is 57.1 Å². The fraction of sp³-hybridized carbons (Fsp3) is 0.444. The molecule has 1 fully saturated rings. The van der Waals surface area contributed by atoms with Crippen LogP contribution in [0, 0.1) is 12.8 Å². The molecular weight excluding hydrogens is 515 g/mol. The highest BCUT2D eigenvalue weighted by molar-refractivity contribution is 8.25. The van der Waals surface area contributed by atoms with Crippen molar-refractivity contribution in [3.8, 4) is 0 Å². The number of hydrogen-bond donors (Lipinski definition) is 0. The molecule has 0 aromatic heterocycles. The van der Waals surface area contributed by atoms with E-state index in [1.54, 1.807) is 13.8 Å². The number of nitrogens with zero attached hydrogens (tertiary/aromatic N) is 1. The average molecular weight is 544 g/mol. The van der Waals surface area contributed by atoms with E-state index in [1.807, 2.05) is 35.4 Å². The summed E-state index contributed by atoms with van der Waals surface area (Å²) in [5.41, 5.74) is 3.22. The van der Waals surface area contributed by atoms with Crippen LogP contribution in [0.3, 0.4) is 0 Å². The van der Waals surface area contributed by atoms with E-state index in [0.717, 1.165) is 40.1 Å². The Labute approximate surface area is 224 Å². The molecule has 36 heavy (non-hydrogen) atoms. The second kappa shape index (κ2) is 9.33. The Morgan fingerprint density at radius 2 is 1.72 bits per heavy atom. The predicted molar refractivity (Wildman–Crippen MR) is 147 cm³/mol. The Balaban J connectivity index is 1.71. The molecule has 0 bridgehead atoms. The van der Waals surface area contributed by atoms with Crippen molar-refractivity contribution in [2.24, 2.45) is 5.92 Å². The molecule has 3 aliphatic heterocycles. The van der Waals surface area contributed by atoms with Crippen LogP contribution in [-0.2, 0) is 23.9 Å². The summed E-state index contributed by atoms with van der Waals surface area (Å²) < 4.78 is 9.93. The molecule has 0 N–H and O–H groups in total. The van der Waals surface area contributed by atoms with Crippen molar-refractivity contribution in [1.29, 1.82) is 0 Å². The molecule has 1 unspecified atom stereocenters. The van der Waals surface area contributed by atoms with Gasteiger partial charge in [-0.15, -0.1) is 11.8 Å². The number of benzene rings is 1. The van der Waals surface area contributed by atoms with Crippen molar-refractivity contribution in [2.75, 3.05) is 18.1 Å². The summed E-state index contributed by atoms with van der Waals surface area (Å²) in [5, 5.41) is 1.83. The first kappa shape index (κ1) is 25.5. The third-order valence-electron chi connectivity index (χ3n) is 6.66. The molecule has 1 spiro atoms. The molecule has 3 heterocycles. The van der Waals surface area contributed by atoms with Crippen molar-refractivity contribution >= 4 is 64.4 Å². The minimum Gasteiger partial charge on any atom is -0.462 e. The second-order valence-corrected chi connectivity index (χ2v) is 13.3. The first-order chi connectivity index (χ1) is 17.1. The topological polar surface area (TPSA) is 72.9 Å². The van der Waals surface area contributed by atoms with Gasteiger partial charge >= 0.3 is 11.9 Å². The highest BCUT2D eigenvalue weighted by Gasteiger charge is 2.55. The number of fused-ring (bicyclic) bond motifs is 3. The molecule has 9 heteroatoms. The monoisotopic (exact) mass is 543 g/mol. The van der Waals surface area contributed by atoms with Gasteiger partial charge in [0.2, 0.25) is 5.91 Å². The minimum atomic E-state index is -0.765. The van der Waals surface area contributed by atoms with Gasteiger partial charge in [0.05, 0.1) is 29.3 Å². The van der Waals surface area contributed by atoms with Crippen LogP contribution in [-0.4, -0.2) is 40.7 Å². The fourth-order valence-electron chi connectivity index (χ4n) is 4.89. The minimum absolute atomic E-state index is 0.0359. The first-order valence-corrected chi connectivity index (χ1v) is 14.7. The SMILES string of the molecule is CCOC(=O)C1=CC2(SC=C(C(=O)OCC)S2)C2=C(S1)C(C)(C)N(C(=O)C1CC1)c1c(C)cccc12. The van der Waals surface area contributed by atoms with Crippen molar-refractivity contribution in [3.63, 3.8) is 0 Å². The van der Waals surface area contributed by atoms with E-state index < -0.39 is 15.6 Å². The van der Waals surface area contributed by atoms with E-state index in [2.05, 4.69) is 19.9 Å². The molecule has 1 atom stereocenters. The first-order valence-electron chi connectivity index (χ1n) is 12.2. The number of carbonyl (C=O) groups excluding carboxylic acids is 3. The molecule has 190 valence electrons. The summed E-state index contributed by atoms with van der Waals surface area (Å²) >= 11 is 4.27. The largest absolute Gasteiger partial charge is 0.462 e. The molecule has 0 radical (unpaired) electrons. The summed E-state index contributed by atoms with van der Waals surface area (Å²) in [5.74, 6) is -0.608. The molecule has 5 rings (SSSR count). The van der Waals surface area contributed by atoms with Crippen LogP contribution in [0.5, 0.6) is 0 Å². The maximum atomic E-state index is 13.7. The summed E-state index contributed by atoms with van der Waals surface area (Å²) in [6.45, 7) is 10.3. The van der Waals surface area contributed by atoms with Crippen LogP contribution in [0.15, 0.2) is 44.4 Å². The number of ether oxygens (including phenoxy) is 2. The van der Waals surface area contributed by atoms with E-state index in [9.17, 15) is 14.4 Å². The Morgan fingerprint density at radius 3 is 2.36 bits per heavy atom. The van der Waals surface area contributed by atoms with Gasteiger partial charge in [0.1, 0.15) is 8.98 Å². The lowest BCUT2D eigenvalue weighted by Crippen LogP contribution is -2.53. The highest BCUT2D eigenvalue weighted by atomic mass is 32.2. The number of aryl methyl sites for hydroxylation is 1. The van der Waals surface area contributed by atoms with Crippen LogP contribution in [0.25, 0.3) is 5.57 Å². The lowest BCUT2D eigenvalue weighted by molar-refractivity contribution is -0.138. The van der Waals surface area contributed by atoms with E-state index >= 15 is 0 Å². The van der Waals surface area contributed by atoms with Crippen molar-refractivity contribution < 1.29 is 23.9 Å². The second-order valence-electron chi connectivity index (χ2n) is 9.60. The lowest BCUT2D eigenvalue weighted by Gasteiger charge is -2.50. The summed E-state index contributed by atoms with van der Waals surface area (Å²) in [6.07, 6.45) is 3.73.